The van der Waals surface area contributed by atoms with Gasteiger partial charge in [0.2, 0.25) is 0 Å². The first-order valence-electron chi connectivity index (χ1n) is 5.98. The van der Waals surface area contributed by atoms with Crippen molar-refractivity contribution in [1.29, 1.82) is 0 Å². The molecule has 0 aromatic rings. The van der Waals surface area contributed by atoms with Crippen LogP contribution in [-0.2, 0) is 9.53 Å². The number of ether oxygens (including phenoxy) is 1. The maximum atomic E-state index is 10.9. The molecule has 2 rings (SSSR count). The number of esters is 1. The Hall–Kier alpha value is -0.790. The Morgan fingerprint density at radius 2 is 2.27 bits per heavy atom. The highest BCUT2D eigenvalue weighted by Crippen LogP contribution is 2.47. The van der Waals surface area contributed by atoms with Crippen LogP contribution in [0.4, 0.5) is 0 Å². The van der Waals surface area contributed by atoms with Gasteiger partial charge in [0.25, 0.3) is 0 Å². The lowest BCUT2D eigenvalue weighted by atomic mass is 9.66. The van der Waals surface area contributed by atoms with Crippen LogP contribution in [0.25, 0.3) is 0 Å². The van der Waals surface area contributed by atoms with Crippen LogP contribution in [-0.4, -0.2) is 12.1 Å². The average molecular weight is 208 g/mol. The predicted octanol–water partition coefficient (Wildman–Crippen LogP) is 3.22. The molecule has 2 heteroatoms. The molecule has 2 nitrogen and oxygen atoms in total. The molecule has 1 saturated carbocycles. The van der Waals surface area contributed by atoms with E-state index < -0.39 is 0 Å². The molecule has 0 aromatic heterocycles. The van der Waals surface area contributed by atoms with Crippen LogP contribution in [0.3, 0.4) is 0 Å². The van der Waals surface area contributed by atoms with Crippen molar-refractivity contribution in [3.8, 4) is 0 Å². The summed E-state index contributed by atoms with van der Waals surface area (Å²) in [5.74, 6) is -0.156. The van der Waals surface area contributed by atoms with Crippen molar-refractivity contribution in [3.05, 3.63) is 11.6 Å². The summed E-state index contributed by atoms with van der Waals surface area (Å²) in [4.78, 5) is 10.9. The zero-order valence-electron chi connectivity index (χ0n) is 9.71. The van der Waals surface area contributed by atoms with Gasteiger partial charge in [-0.05, 0) is 43.6 Å². The standard InChI is InChI=1S/C13H20O2/c1-10(14)15-12-6-8-13(2)7-4-3-5-11(13)9-12/h9,12H,3-8H2,1-2H3. The first-order valence-corrected chi connectivity index (χ1v) is 5.98. The van der Waals surface area contributed by atoms with Crippen LogP contribution >= 0.6 is 0 Å². The number of rotatable bonds is 1. The summed E-state index contributed by atoms with van der Waals surface area (Å²) in [5.41, 5.74) is 1.95. The second-order valence-electron chi connectivity index (χ2n) is 5.15. The summed E-state index contributed by atoms with van der Waals surface area (Å²) in [7, 11) is 0. The Morgan fingerprint density at radius 1 is 1.47 bits per heavy atom. The van der Waals surface area contributed by atoms with Crippen molar-refractivity contribution in [2.24, 2.45) is 5.41 Å². The third-order valence-electron chi connectivity index (χ3n) is 3.88. The predicted molar refractivity (Wildman–Crippen MR) is 59.4 cm³/mol. The van der Waals surface area contributed by atoms with E-state index in [-0.39, 0.29) is 12.1 Å². The number of hydrogen-bond acceptors (Lipinski definition) is 2. The molecule has 2 atom stereocenters. The summed E-state index contributed by atoms with van der Waals surface area (Å²) >= 11 is 0. The molecule has 1 fully saturated rings. The van der Waals surface area contributed by atoms with Gasteiger partial charge in [-0.25, -0.2) is 0 Å². The largest absolute Gasteiger partial charge is 0.458 e. The van der Waals surface area contributed by atoms with Crippen molar-refractivity contribution >= 4 is 5.97 Å². The second-order valence-corrected chi connectivity index (χ2v) is 5.15. The number of hydrogen-bond donors (Lipinski definition) is 0. The van der Waals surface area contributed by atoms with Crippen molar-refractivity contribution < 1.29 is 9.53 Å². The molecule has 15 heavy (non-hydrogen) atoms. The monoisotopic (exact) mass is 208 g/mol. The third kappa shape index (κ3) is 2.24. The van der Waals surface area contributed by atoms with Crippen LogP contribution < -0.4 is 0 Å². The molecule has 0 bridgehead atoms. The Labute approximate surface area is 91.7 Å². The summed E-state index contributed by atoms with van der Waals surface area (Å²) in [6.07, 6.45) is 9.60. The Kier molecular flexibility index (Phi) is 2.85. The lowest BCUT2D eigenvalue weighted by molar-refractivity contribution is -0.145. The zero-order chi connectivity index (χ0) is 10.9. The van der Waals surface area contributed by atoms with E-state index in [1.165, 1.54) is 44.6 Å². The number of fused-ring (bicyclic) bond motifs is 1. The highest BCUT2D eigenvalue weighted by molar-refractivity contribution is 5.66. The minimum atomic E-state index is -0.156. The van der Waals surface area contributed by atoms with Gasteiger partial charge in [-0.15, -0.1) is 0 Å². The quantitative estimate of drug-likeness (QED) is 0.488. The minimum absolute atomic E-state index is 0.0451. The molecule has 2 unspecified atom stereocenters. The Balaban J connectivity index is 2.11. The fourth-order valence-corrected chi connectivity index (χ4v) is 2.94. The van der Waals surface area contributed by atoms with Gasteiger partial charge in [-0.2, -0.15) is 0 Å². The van der Waals surface area contributed by atoms with E-state index in [1.807, 2.05) is 0 Å². The van der Waals surface area contributed by atoms with Gasteiger partial charge in [0.1, 0.15) is 6.10 Å². The SMILES string of the molecule is CC(=O)OC1C=C2CCCCC2(C)CC1. The molecule has 0 aromatic carbocycles. The van der Waals surface area contributed by atoms with Crippen LogP contribution in [0.5, 0.6) is 0 Å². The molecular weight excluding hydrogens is 188 g/mol. The van der Waals surface area contributed by atoms with Crippen molar-refractivity contribution in [2.75, 3.05) is 0 Å². The van der Waals surface area contributed by atoms with E-state index in [4.69, 9.17) is 4.74 Å². The van der Waals surface area contributed by atoms with Gasteiger partial charge in [-0.1, -0.05) is 18.9 Å². The van der Waals surface area contributed by atoms with Crippen molar-refractivity contribution in [2.45, 2.75) is 58.5 Å². The third-order valence-corrected chi connectivity index (χ3v) is 3.88. The van der Waals surface area contributed by atoms with Crippen LogP contribution in [0, 0.1) is 5.41 Å². The van der Waals surface area contributed by atoms with Crippen LogP contribution in [0.15, 0.2) is 11.6 Å². The van der Waals surface area contributed by atoms with E-state index in [0.29, 0.717) is 5.41 Å². The first kappa shape index (κ1) is 10.7. The summed E-state index contributed by atoms with van der Waals surface area (Å²) in [6, 6.07) is 0. The topological polar surface area (TPSA) is 26.3 Å². The van der Waals surface area contributed by atoms with E-state index >= 15 is 0 Å². The second kappa shape index (κ2) is 3.99. The molecule has 2 aliphatic rings. The fourth-order valence-electron chi connectivity index (χ4n) is 2.94. The van der Waals surface area contributed by atoms with Crippen molar-refractivity contribution in [3.63, 3.8) is 0 Å². The smallest absolute Gasteiger partial charge is 0.303 e. The summed E-state index contributed by atoms with van der Waals surface area (Å²) in [5, 5.41) is 0. The lowest BCUT2D eigenvalue weighted by Gasteiger charge is -2.41. The molecule has 2 aliphatic carbocycles. The highest BCUT2D eigenvalue weighted by Gasteiger charge is 2.35. The minimum Gasteiger partial charge on any atom is -0.458 e. The van der Waals surface area contributed by atoms with Crippen LogP contribution in [0.1, 0.15) is 52.4 Å². The molecule has 0 amide bonds. The number of carbonyl (C=O) groups is 1. The normalized spacial score (nSPS) is 35.3. The Bertz CT molecular complexity index is 293. The Morgan fingerprint density at radius 3 is 3.00 bits per heavy atom. The van der Waals surface area contributed by atoms with E-state index in [0.717, 1.165) is 6.42 Å². The molecule has 84 valence electrons. The molecular formula is C13H20O2. The first-order chi connectivity index (χ1) is 7.10. The molecule has 0 N–H and O–H groups in total. The van der Waals surface area contributed by atoms with E-state index in [9.17, 15) is 4.79 Å². The van der Waals surface area contributed by atoms with Gasteiger partial charge in [0, 0.05) is 6.92 Å². The van der Waals surface area contributed by atoms with Gasteiger partial charge < -0.3 is 4.74 Å². The average Bonchev–Trinajstić information content (AvgIpc) is 2.17. The van der Waals surface area contributed by atoms with Crippen molar-refractivity contribution in [1.82, 2.24) is 0 Å². The molecule has 0 aliphatic heterocycles. The lowest BCUT2D eigenvalue weighted by Crippen LogP contribution is -2.31. The van der Waals surface area contributed by atoms with E-state index in [1.54, 1.807) is 0 Å². The zero-order valence-corrected chi connectivity index (χ0v) is 9.71. The van der Waals surface area contributed by atoms with Crippen LogP contribution in [0.2, 0.25) is 0 Å². The van der Waals surface area contributed by atoms with E-state index in [2.05, 4.69) is 13.0 Å². The summed E-state index contributed by atoms with van der Waals surface area (Å²) < 4.78 is 5.27. The number of allylic oxidation sites excluding steroid dienone is 1. The number of carbonyl (C=O) groups excluding carboxylic acids is 1. The molecule has 0 saturated heterocycles. The summed E-state index contributed by atoms with van der Waals surface area (Å²) in [6.45, 7) is 3.86. The maximum absolute atomic E-state index is 10.9. The van der Waals surface area contributed by atoms with Gasteiger partial charge >= 0.3 is 5.97 Å². The highest BCUT2D eigenvalue weighted by atomic mass is 16.5. The van der Waals surface area contributed by atoms with Gasteiger partial charge in [-0.3, -0.25) is 4.79 Å². The molecule has 0 heterocycles. The maximum Gasteiger partial charge on any atom is 0.303 e. The van der Waals surface area contributed by atoms with Gasteiger partial charge in [0.15, 0.2) is 0 Å². The fraction of sp³-hybridized carbons (Fsp3) is 0.769. The molecule has 0 radical (unpaired) electrons. The molecule has 0 spiro atoms. The van der Waals surface area contributed by atoms with Gasteiger partial charge in [0.05, 0.1) is 0 Å².